The fraction of sp³-hybridized carbons (Fsp3) is 0.333. The van der Waals surface area contributed by atoms with Gasteiger partial charge in [0.2, 0.25) is 11.8 Å². The number of benzene rings is 1. The van der Waals surface area contributed by atoms with Crippen molar-refractivity contribution in [2.75, 3.05) is 0 Å². The van der Waals surface area contributed by atoms with Crippen molar-refractivity contribution < 1.29 is 9.59 Å². The molecule has 1 unspecified atom stereocenters. The van der Waals surface area contributed by atoms with E-state index < -0.39 is 0 Å². The molecular formula is C18H20N2O2S. The molecule has 5 heteroatoms. The van der Waals surface area contributed by atoms with Crippen LogP contribution >= 0.6 is 11.3 Å². The summed E-state index contributed by atoms with van der Waals surface area (Å²) >= 11 is 1.61. The van der Waals surface area contributed by atoms with Crippen LogP contribution < -0.4 is 5.32 Å². The number of aryl methyl sites for hydroxylation is 1. The van der Waals surface area contributed by atoms with Crippen LogP contribution in [-0.4, -0.2) is 22.8 Å². The largest absolute Gasteiger partial charge is 0.350 e. The van der Waals surface area contributed by atoms with Gasteiger partial charge >= 0.3 is 0 Å². The first kappa shape index (κ1) is 15.7. The average Bonchev–Trinajstić information content (AvgIpc) is 3.18. The number of amides is 2. The van der Waals surface area contributed by atoms with Gasteiger partial charge in [0.1, 0.15) is 6.04 Å². The molecule has 2 heterocycles. The van der Waals surface area contributed by atoms with Gasteiger partial charge < -0.3 is 10.2 Å². The molecule has 1 aliphatic rings. The summed E-state index contributed by atoms with van der Waals surface area (Å²) in [6.07, 6.45) is 1.05. The second kappa shape index (κ2) is 6.96. The summed E-state index contributed by atoms with van der Waals surface area (Å²) < 4.78 is 0. The maximum atomic E-state index is 12.5. The second-order valence-corrected chi connectivity index (χ2v) is 6.83. The lowest BCUT2D eigenvalue weighted by Gasteiger charge is -2.23. The lowest BCUT2D eigenvalue weighted by molar-refractivity contribution is -0.135. The summed E-state index contributed by atoms with van der Waals surface area (Å²) in [4.78, 5) is 27.4. The van der Waals surface area contributed by atoms with E-state index in [0.29, 0.717) is 25.9 Å². The molecule has 2 amide bonds. The highest BCUT2D eigenvalue weighted by Crippen LogP contribution is 2.23. The molecule has 0 aliphatic carbocycles. The van der Waals surface area contributed by atoms with Crippen LogP contribution in [0.5, 0.6) is 0 Å². The molecule has 1 aliphatic heterocycles. The fourth-order valence-corrected chi connectivity index (χ4v) is 3.59. The SMILES string of the molecule is Cc1ccccc1CNC(=O)C1CCC(=O)N1Cc1cccs1. The third-order valence-corrected chi connectivity index (χ3v) is 5.11. The Bertz CT molecular complexity index is 697. The normalized spacial score (nSPS) is 17.5. The molecule has 3 rings (SSSR count). The Morgan fingerprint density at radius 1 is 1.30 bits per heavy atom. The molecule has 0 bridgehead atoms. The highest BCUT2D eigenvalue weighted by Gasteiger charge is 2.35. The summed E-state index contributed by atoms with van der Waals surface area (Å²) in [5, 5.41) is 4.97. The van der Waals surface area contributed by atoms with E-state index in [4.69, 9.17) is 0 Å². The maximum absolute atomic E-state index is 12.5. The van der Waals surface area contributed by atoms with E-state index in [1.807, 2.05) is 48.7 Å². The topological polar surface area (TPSA) is 49.4 Å². The number of rotatable bonds is 5. The number of likely N-dealkylation sites (tertiary alicyclic amines) is 1. The number of carbonyl (C=O) groups excluding carboxylic acids is 2. The molecule has 2 aromatic rings. The van der Waals surface area contributed by atoms with E-state index in [-0.39, 0.29) is 17.9 Å². The molecule has 0 saturated carbocycles. The molecule has 4 nitrogen and oxygen atoms in total. The summed E-state index contributed by atoms with van der Waals surface area (Å²) in [5.74, 6) is 0.00472. The lowest BCUT2D eigenvalue weighted by atomic mass is 10.1. The first-order chi connectivity index (χ1) is 11.1. The highest BCUT2D eigenvalue weighted by atomic mass is 32.1. The Labute approximate surface area is 140 Å². The molecule has 1 aromatic carbocycles. The molecule has 1 saturated heterocycles. The van der Waals surface area contributed by atoms with E-state index >= 15 is 0 Å². The average molecular weight is 328 g/mol. The van der Waals surface area contributed by atoms with E-state index in [1.54, 1.807) is 16.2 Å². The molecule has 23 heavy (non-hydrogen) atoms. The van der Waals surface area contributed by atoms with Crippen molar-refractivity contribution in [1.29, 1.82) is 0 Å². The Morgan fingerprint density at radius 2 is 2.13 bits per heavy atom. The summed E-state index contributed by atoms with van der Waals surface area (Å²) in [6.45, 7) is 3.06. The van der Waals surface area contributed by atoms with Crippen LogP contribution in [0, 0.1) is 6.92 Å². The zero-order chi connectivity index (χ0) is 16.2. The van der Waals surface area contributed by atoms with Crippen LogP contribution in [0.3, 0.4) is 0 Å². The summed E-state index contributed by atoms with van der Waals surface area (Å²) in [6, 6.07) is 11.6. The van der Waals surface area contributed by atoms with Crippen LogP contribution in [0.1, 0.15) is 28.8 Å². The first-order valence-electron chi connectivity index (χ1n) is 7.79. The Balaban J connectivity index is 1.63. The van der Waals surface area contributed by atoms with Crippen molar-refractivity contribution in [3.05, 3.63) is 57.8 Å². The predicted octanol–water partition coefficient (Wildman–Crippen LogP) is 2.86. The standard InChI is InChI=1S/C18H20N2O2S/c1-13-5-2-3-6-14(13)11-19-18(22)16-8-9-17(21)20(16)12-15-7-4-10-23-15/h2-7,10,16H,8-9,11-12H2,1H3,(H,19,22). The van der Waals surface area contributed by atoms with Crippen LogP contribution in [0.15, 0.2) is 41.8 Å². The van der Waals surface area contributed by atoms with Gasteiger partial charge in [-0.05, 0) is 35.9 Å². The third-order valence-electron chi connectivity index (χ3n) is 4.25. The van der Waals surface area contributed by atoms with Crippen LogP contribution in [0.2, 0.25) is 0 Å². The van der Waals surface area contributed by atoms with Crippen molar-refractivity contribution in [2.45, 2.75) is 38.9 Å². The van der Waals surface area contributed by atoms with Gasteiger partial charge in [0.25, 0.3) is 0 Å². The third kappa shape index (κ3) is 3.62. The number of nitrogens with zero attached hydrogens (tertiary/aromatic N) is 1. The van der Waals surface area contributed by atoms with Gasteiger partial charge in [-0.2, -0.15) is 0 Å². The Morgan fingerprint density at radius 3 is 2.87 bits per heavy atom. The fourth-order valence-electron chi connectivity index (χ4n) is 2.88. The number of hydrogen-bond acceptors (Lipinski definition) is 3. The van der Waals surface area contributed by atoms with Gasteiger partial charge in [0.15, 0.2) is 0 Å². The van der Waals surface area contributed by atoms with E-state index in [0.717, 1.165) is 16.0 Å². The van der Waals surface area contributed by atoms with Crippen molar-refractivity contribution in [3.8, 4) is 0 Å². The number of thiophene rings is 1. The van der Waals surface area contributed by atoms with Gasteiger partial charge in [-0.3, -0.25) is 9.59 Å². The number of hydrogen-bond donors (Lipinski definition) is 1. The Hall–Kier alpha value is -2.14. The van der Waals surface area contributed by atoms with Gasteiger partial charge in [-0.1, -0.05) is 30.3 Å². The zero-order valence-electron chi connectivity index (χ0n) is 13.1. The number of nitrogens with one attached hydrogen (secondary N) is 1. The summed E-state index contributed by atoms with van der Waals surface area (Å²) in [7, 11) is 0. The van der Waals surface area contributed by atoms with Gasteiger partial charge in [-0.15, -0.1) is 11.3 Å². The molecule has 0 spiro atoms. The molecule has 1 fully saturated rings. The lowest BCUT2D eigenvalue weighted by Crippen LogP contribution is -2.44. The molecule has 1 aromatic heterocycles. The molecule has 0 radical (unpaired) electrons. The zero-order valence-corrected chi connectivity index (χ0v) is 13.9. The quantitative estimate of drug-likeness (QED) is 0.917. The van der Waals surface area contributed by atoms with E-state index in [9.17, 15) is 9.59 Å². The van der Waals surface area contributed by atoms with Crippen molar-refractivity contribution >= 4 is 23.2 Å². The van der Waals surface area contributed by atoms with Crippen molar-refractivity contribution in [3.63, 3.8) is 0 Å². The highest BCUT2D eigenvalue weighted by molar-refractivity contribution is 7.09. The van der Waals surface area contributed by atoms with Crippen molar-refractivity contribution in [1.82, 2.24) is 10.2 Å². The molecule has 120 valence electrons. The maximum Gasteiger partial charge on any atom is 0.243 e. The van der Waals surface area contributed by atoms with Crippen LogP contribution in [0.4, 0.5) is 0 Å². The van der Waals surface area contributed by atoms with Gasteiger partial charge in [-0.25, -0.2) is 0 Å². The summed E-state index contributed by atoms with van der Waals surface area (Å²) in [5.41, 5.74) is 2.26. The monoisotopic (exact) mass is 328 g/mol. The minimum Gasteiger partial charge on any atom is -0.350 e. The van der Waals surface area contributed by atoms with E-state index in [1.165, 1.54) is 0 Å². The minimum atomic E-state index is -0.353. The first-order valence-corrected chi connectivity index (χ1v) is 8.67. The minimum absolute atomic E-state index is 0.0596. The molecular weight excluding hydrogens is 308 g/mol. The predicted molar refractivity (Wildman–Crippen MR) is 90.9 cm³/mol. The van der Waals surface area contributed by atoms with Gasteiger partial charge in [0, 0.05) is 17.8 Å². The Kier molecular flexibility index (Phi) is 4.76. The van der Waals surface area contributed by atoms with Crippen LogP contribution in [-0.2, 0) is 22.7 Å². The smallest absolute Gasteiger partial charge is 0.243 e. The molecule has 1 N–H and O–H groups in total. The van der Waals surface area contributed by atoms with Crippen LogP contribution in [0.25, 0.3) is 0 Å². The second-order valence-electron chi connectivity index (χ2n) is 5.80. The van der Waals surface area contributed by atoms with Gasteiger partial charge in [0.05, 0.1) is 6.54 Å². The van der Waals surface area contributed by atoms with Crippen molar-refractivity contribution in [2.24, 2.45) is 0 Å². The molecule has 1 atom stereocenters. The number of carbonyl (C=O) groups is 2. The van der Waals surface area contributed by atoms with E-state index in [2.05, 4.69) is 5.32 Å².